The van der Waals surface area contributed by atoms with E-state index in [1.807, 2.05) is 0 Å². The molecule has 228 valence electrons. The molecule has 9 N–H and O–H groups in total. The van der Waals surface area contributed by atoms with Gasteiger partial charge in [-0.05, 0) is 18.2 Å². The Morgan fingerprint density at radius 3 is 2.33 bits per heavy atom. The quantitative estimate of drug-likeness (QED) is 0.159. The van der Waals surface area contributed by atoms with Gasteiger partial charge in [0.2, 0.25) is 0 Å². The molecule has 0 aliphatic carbocycles. The molecule has 2 aliphatic heterocycles. The van der Waals surface area contributed by atoms with E-state index in [1.54, 1.807) is 0 Å². The molecule has 1 aromatic heterocycles. The molecule has 2 fully saturated rings. The zero-order chi connectivity index (χ0) is 30.5. The Hall–Kier alpha value is -3.51. The number of aliphatic hydroxyl groups is 6. The van der Waals surface area contributed by atoms with Gasteiger partial charge >= 0.3 is 0 Å². The fourth-order valence-electron chi connectivity index (χ4n) is 5.10. The van der Waals surface area contributed by atoms with Crippen LogP contribution >= 0.6 is 0 Å². The summed E-state index contributed by atoms with van der Waals surface area (Å²) >= 11 is 0. The van der Waals surface area contributed by atoms with Gasteiger partial charge in [0, 0.05) is 17.7 Å². The topological polar surface area (TPSA) is 249 Å². The van der Waals surface area contributed by atoms with Crippen molar-refractivity contribution in [3.05, 3.63) is 46.1 Å². The van der Waals surface area contributed by atoms with Crippen LogP contribution < -0.4 is 10.2 Å². The lowest BCUT2D eigenvalue weighted by molar-refractivity contribution is -0.325. The van der Waals surface area contributed by atoms with Crippen LogP contribution in [0.2, 0.25) is 0 Å². The summed E-state index contributed by atoms with van der Waals surface area (Å²) in [7, 11) is 1.31. The lowest BCUT2D eigenvalue weighted by atomic mass is 9.89. The maximum absolute atomic E-state index is 13.2. The summed E-state index contributed by atoms with van der Waals surface area (Å²) in [5.41, 5.74) is -1.26. The van der Waals surface area contributed by atoms with Gasteiger partial charge in [0.15, 0.2) is 28.8 Å². The minimum atomic E-state index is -1.86. The molecule has 0 saturated carbocycles. The number of methoxy groups -OCH3 is 1. The van der Waals surface area contributed by atoms with Crippen LogP contribution in [0.25, 0.3) is 22.3 Å². The Morgan fingerprint density at radius 1 is 0.905 bits per heavy atom. The largest absolute Gasteiger partial charge is 0.507 e. The molecule has 3 unspecified atom stereocenters. The third-order valence-corrected chi connectivity index (χ3v) is 7.36. The highest BCUT2D eigenvalue weighted by atomic mass is 16.7. The van der Waals surface area contributed by atoms with Crippen molar-refractivity contribution < 1.29 is 69.3 Å². The van der Waals surface area contributed by atoms with Crippen LogP contribution in [0, 0.1) is 0 Å². The molecule has 42 heavy (non-hydrogen) atoms. The van der Waals surface area contributed by atoms with Gasteiger partial charge in [0.05, 0.1) is 25.9 Å². The Morgan fingerprint density at radius 2 is 1.64 bits per heavy atom. The molecular formula is C27H30O15. The molecule has 2 aromatic carbocycles. The summed E-state index contributed by atoms with van der Waals surface area (Å²) < 4.78 is 27.9. The molecule has 2 aliphatic rings. The van der Waals surface area contributed by atoms with E-state index < -0.39 is 96.2 Å². The second-order valence-electron chi connectivity index (χ2n) is 10.0. The number of phenols is 3. The Kier molecular flexibility index (Phi) is 8.30. The molecule has 9 atom stereocenters. The number of hydrogen-bond acceptors (Lipinski definition) is 15. The van der Waals surface area contributed by atoms with Crippen molar-refractivity contribution in [3.63, 3.8) is 0 Å². The molecule has 3 heterocycles. The van der Waals surface area contributed by atoms with Gasteiger partial charge in [-0.15, -0.1) is 0 Å². The molecule has 15 nitrogen and oxygen atoms in total. The standard InChI is InChI=1S/C27H30O15/c1-38-16-4-9(2-3-10(16)29)15-6-13(32)18-11(30)5-12(31)19(24(18)40-15)25-26(22(36)21(35)17(7-28)41-25)42-27-23(37)20(34)14(33)8-39-27/h2-6,14,17,20-23,25-31,33-37H,7-8H2,1H3/t14-,17?,20+,21-,22+,23?,25+,26?,27+/m1/s1. The first kappa shape index (κ1) is 30.0. The van der Waals surface area contributed by atoms with Gasteiger partial charge in [0.25, 0.3) is 0 Å². The number of phenolic OH excluding ortho intramolecular Hbond substituents is 3. The van der Waals surface area contributed by atoms with Crippen molar-refractivity contribution in [2.45, 2.75) is 55.1 Å². The number of ether oxygens (including phenoxy) is 4. The maximum Gasteiger partial charge on any atom is 0.197 e. The van der Waals surface area contributed by atoms with Crippen molar-refractivity contribution in [1.29, 1.82) is 0 Å². The third-order valence-electron chi connectivity index (χ3n) is 7.36. The second-order valence-corrected chi connectivity index (χ2v) is 10.0. The fraction of sp³-hybridized carbons (Fsp3) is 0.444. The van der Waals surface area contributed by atoms with Crippen LogP contribution in [0.15, 0.2) is 39.5 Å². The summed E-state index contributed by atoms with van der Waals surface area (Å²) in [6.45, 7) is -1.26. The van der Waals surface area contributed by atoms with E-state index in [2.05, 4.69) is 0 Å². The van der Waals surface area contributed by atoms with Gasteiger partial charge in [0.1, 0.15) is 71.5 Å². The van der Waals surface area contributed by atoms with Gasteiger partial charge in [-0.3, -0.25) is 4.79 Å². The molecule has 5 rings (SSSR count). The average Bonchev–Trinajstić information content (AvgIpc) is 2.96. The number of fused-ring (bicyclic) bond motifs is 1. The highest BCUT2D eigenvalue weighted by Crippen LogP contribution is 2.45. The lowest BCUT2D eigenvalue weighted by Gasteiger charge is -2.45. The minimum absolute atomic E-state index is 0.0551. The molecule has 15 heteroatoms. The van der Waals surface area contributed by atoms with Crippen molar-refractivity contribution in [3.8, 4) is 34.3 Å². The maximum atomic E-state index is 13.2. The summed E-state index contributed by atoms with van der Waals surface area (Å²) in [6.07, 6.45) is -15.0. The number of hydrogen-bond donors (Lipinski definition) is 9. The van der Waals surface area contributed by atoms with Gasteiger partial charge in [-0.2, -0.15) is 0 Å². The molecule has 0 bridgehead atoms. The van der Waals surface area contributed by atoms with Gasteiger partial charge < -0.3 is 69.3 Å². The van der Waals surface area contributed by atoms with Gasteiger partial charge in [-0.25, -0.2) is 0 Å². The van der Waals surface area contributed by atoms with E-state index >= 15 is 0 Å². The van der Waals surface area contributed by atoms with Crippen LogP contribution in [0.4, 0.5) is 0 Å². The van der Waals surface area contributed by atoms with E-state index in [0.29, 0.717) is 0 Å². The molecule has 0 radical (unpaired) electrons. The Bertz CT molecular complexity index is 1510. The van der Waals surface area contributed by atoms with E-state index in [0.717, 1.165) is 12.1 Å². The first-order valence-corrected chi connectivity index (χ1v) is 12.8. The number of benzene rings is 2. The minimum Gasteiger partial charge on any atom is -0.507 e. The van der Waals surface area contributed by atoms with Crippen LogP contribution in [0.5, 0.6) is 23.0 Å². The highest BCUT2D eigenvalue weighted by Gasteiger charge is 2.50. The molecular weight excluding hydrogens is 564 g/mol. The molecule has 2 saturated heterocycles. The first-order chi connectivity index (χ1) is 20.0. The van der Waals surface area contributed by atoms with Crippen molar-refractivity contribution in [2.24, 2.45) is 0 Å². The SMILES string of the molecule is COc1cc(-c2cc(=O)c3c(O)cc(O)c([C@@H]4OC(CO)[C@@H](O)[C@H](O)C4O[C@@H]4OC[C@@H](O)[C@H](O)C4O)c3o2)ccc1O. The van der Waals surface area contributed by atoms with E-state index in [1.165, 1.54) is 25.3 Å². The number of aromatic hydroxyl groups is 3. The van der Waals surface area contributed by atoms with Gasteiger partial charge in [-0.1, -0.05) is 0 Å². The van der Waals surface area contributed by atoms with Crippen molar-refractivity contribution in [1.82, 2.24) is 0 Å². The number of rotatable bonds is 6. The third kappa shape index (κ3) is 5.15. The van der Waals surface area contributed by atoms with Crippen LogP contribution in [0.3, 0.4) is 0 Å². The normalized spacial score (nSPS) is 31.7. The predicted molar refractivity (Wildman–Crippen MR) is 139 cm³/mol. The first-order valence-electron chi connectivity index (χ1n) is 12.8. The second kappa shape index (κ2) is 11.6. The van der Waals surface area contributed by atoms with Crippen LogP contribution in [-0.4, -0.2) is 115 Å². The van der Waals surface area contributed by atoms with Crippen molar-refractivity contribution >= 4 is 11.0 Å². The Balaban J connectivity index is 1.68. The summed E-state index contributed by atoms with van der Waals surface area (Å²) in [5.74, 6) is -1.58. The number of aliphatic hydroxyl groups excluding tert-OH is 6. The van der Waals surface area contributed by atoms with Crippen LogP contribution in [0.1, 0.15) is 11.7 Å². The monoisotopic (exact) mass is 594 g/mol. The summed E-state index contributed by atoms with van der Waals surface area (Å²) in [5, 5.41) is 92.9. The smallest absolute Gasteiger partial charge is 0.197 e. The zero-order valence-electron chi connectivity index (χ0n) is 22.0. The molecule has 0 amide bonds. The molecule has 3 aromatic rings. The zero-order valence-corrected chi connectivity index (χ0v) is 22.0. The predicted octanol–water partition coefficient (Wildman–Crippen LogP) is -1.44. The lowest BCUT2D eigenvalue weighted by Crippen LogP contribution is -2.60. The van der Waals surface area contributed by atoms with E-state index in [-0.39, 0.29) is 28.4 Å². The van der Waals surface area contributed by atoms with Crippen molar-refractivity contribution in [2.75, 3.05) is 20.3 Å². The van der Waals surface area contributed by atoms with E-state index in [9.17, 15) is 50.8 Å². The summed E-state index contributed by atoms with van der Waals surface area (Å²) in [4.78, 5) is 13.2. The van der Waals surface area contributed by atoms with E-state index in [4.69, 9.17) is 23.4 Å². The fourth-order valence-corrected chi connectivity index (χ4v) is 5.10. The highest BCUT2D eigenvalue weighted by molar-refractivity contribution is 5.89. The average molecular weight is 595 g/mol. The molecule has 0 spiro atoms. The summed E-state index contributed by atoms with van der Waals surface area (Å²) in [6, 6.07) is 5.96. The van der Waals surface area contributed by atoms with Crippen LogP contribution in [-0.2, 0) is 14.2 Å². The Labute approximate surface area is 236 Å².